The van der Waals surface area contributed by atoms with Gasteiger partial charge < -0.3 is 9.47 Å². The summed E-state index contributed by atoms with van der Waals surface area (Å²) in [6.07, 6.45) is 1.51. The van der Waals surface area contributed by atoms with E-state index in [9.17, 15) is 4.79 Å². The van der Waals surface area contributed by atoms with E-state index >= 15 is 0 Å². The lowest BCUT2D eigenvalue weighted by molar-refractivity contribution is -0.145. The first-order valence-electron chi connectivity index (χ1n) is 6.47. The van der Waals surface area contributed by atoms with Crippen molar-refractivity contribution in [3.05, 3.63) is 11.3 Å². The van der Waals surface area contributed by atoms with Gasteiger partial charge in [0.1, 0.15) is 6.23 Å². The van der Waals surface area contributed by atoms with Crippen LogP contribution in [0.4, 0.5) is 0 Å². The van der Waals surface area contributed by atoms with Crippen LogP contribution in [-0.2, 0) is 14.3 Å². The third-order valence-electron chi connectivity index (χ3n) is 3.01. The number of carbonyl (C=O) groups excluding carboxylic acids is 1. The van der Waals surface area contributed by atoms with Crippen LogP contribution in [0.15, 0.2) is 11.3 Å². The summed E-state index contributed by atoms with van der Waals surface area (Å²) in [7, 11) is 3.90. The fourth-order valence-electron chi connectivity index (χ4n) is 2.30. The van der Waals surface area contributed by atoms with Gasteiger partial charge in [-0.25, -0.2) is 9.80 Å². The average molecular weight is 256 g/mol. The van der Waals surface area contributed by atoms with E-state index in [-0.39, 0.29) is 12.2 Å². The van der Waals surface area contributed by atoms with Crippen molar-refractivity contribution >= 4 is 5.97 Å². The van der Waals surface area contributed by atoms with E-state index in [1.54, 1.807) is 0 Å². The van der Waals surface area contributed by atoms with Crippen LogP contribution in [0.1, 0.15) is 33.6 Å². The van der Waals surface area contributed by atoms with Gasteiger partial charge in [-0.15, -0.1) is 0 Å². The normalized spacial score (nSPS) is 20.6. The van der Waals surface area contributed by atoms with Crippen molar-refractivity contribution in [3.8, 4) is 0 Å². The molecule has 1 atom stereocenters. The smallest absolute Gasteiger partial charge is 0.335 e. The number of nitrogens with zero attached hydrogens (tertiary/aromatic N) is 2. The predicted octanol–water partition coefficient (Wildman–Crippen LogP) is 1.76. The maximum absolute atomic E-state index is 11.9. The number of hydrazine groups is 1. The molecule has 0 aromatic heterocycles. The molecule has 0 saturated carbocycles. The summed E-state index contributed by atoms with van der Waals surface area (Å²) in [5.41, 5.74) is 1.67. The topological polar surface area (TPSA) is 42.0 Å². The first-order chi connectivity index (χ1) is 8.52. The highest BCUT2D eigenvalue weighted by molar-refractivity contribution is 5.89. The number of hydrogen-bond acceptors (Lipinski definition) is 5. The van der Waals surface area contributed by atoms with Crippen LogP contribution >= 0.6 is 0 Å². The van der Waals surface area contributed by atoms with Gasteiger partial charge in [-0.1, -0.05) is 0 Å². The second-order valence-electron chi connectivity index (χ2n) is 4.42. The minimum absolute atomic E-state index is 0.00294. The maximum atomic E-state index is 11.9. The lowest BCUT2D eigenvalue weighted by Gasteiger charge is -2.42. The van der Waals surface area contributed by atoms with E-state index in [0.29, 0.717) is 19.6 Å². The molecule has 5 heteroatoms. The lowest BCUT2D eigenvalue weighted by atomic mass is 10.0. The lowest BCUT2D eigenvalue weighted by Crippen LogP contribution is -2.48. The molecule has 18 heavy (non-hydrogen) atoms. The van der Waals surface area contributed by atoms with Crippen LogP contribution in [0.5, 0.6) is 0 Å². The van der Waals surface area contributed by atoms with Gasteiger partial charge in [0, 0.05) is 26.4 Å². The molecule has 1 aliphatic rings. The maximum Gasteiger partial charge on any atom is 0.335 e. The molecule has 0 aromatic carbocycles. The first-order valence-corrected chi connectivity index (χ1v) is 6.47. The minimum atomic E-state index is -0.211. The Kier molecular flexibility index (Phi) is 5.62. The minimum Gasteiger partial charge on any atom is -0.463 e. The van der Waals surface area contributed by atoms with Crippen LogP contribution in [0.2, 0.25) is 0 Å². The number of ether oxygens (including phenoxy) is 2. The summed E-state index contributed by atoms with van der Waals surface area (Å²) >= 11 is 0. The molecule has 0 spiro atoms. The quantitative estimate of drug-likeness (QED) is 0.701. The Bertz CT molecular complexity index is 326. The van der Waals surface area contributed by atoms with Gasteiger partial charge in [0.05, 0.1) is 12.2 Å². The van der Waals surface area contributed by atoms with E-state index in [1.807, 2.05) is 44.9 Å². The molecule has 0 radical (unpaired) electrons. The van der Waals surface area contributed by atoms with E-state index in [2.05, 4.69) is 0 Å². The molecule has 0 bridgehead atoms. The molecular formula is C13H24N2O3. The first kappa shape index (κ1) is 15.0. The summed E-state index contributed by atoms with van der Waals surface area (Å²) < 4.78 is 10.8. The van der Waals surface area contributed by atoms with E-state index in [0.717, 1.165) is 17.7 Å². The zero-order valence-corrected chi connectivity index (χ0v) is 12.0. The highest BCUT2D eigenvalue weighted by atomic mass is 16.5. The predicted molar refractivity (Wildman–Crippen MR) is 69.5 cm³/mol. The second-order valence-corrected chi connectivity index (χ2v) is 4.42. The van der Waals surface area contributed by atoms with E-state index in [4.69, 9.17) is 9.47 Å². The summed E-state index contributed by atoms with van der Waals surface area (Å²) in [6, 6.07) is 0. The number of carbonyl (C=O) groups is 1. The fourth-order valence-corrected chi connectivity index (χ4v) is 2.30. The van der Waals surface area contributed by atoms with E-state index in [1.165, 1.54) is 0 Å². The molecule has 5 nitrogen and oxygen atoms in total. The van der Waals surface area contributed by atoms with Gasteiger partial charge >= 0.3 is 5.97 Å². The van der Waals surface area contributed by atoms with Gasteiger partial charge in [-0.05, 0) is 33.6 Å². The molecule has 0 saturated heterocycles. The zero-order chi connectivity index (χ0) is 13.7. The number of allylic oxidation sites excluding steroid dienone is 1. The van der Waals surface area contributed by atoms with Crippen LogP contribution in [0.3, 0.4) is 0 Å². The Balaban J connectivity index is 2.95. The molecule has 1 aliphatic heterocycles. The van der Waals surface area contributed by atoms with Crippen molar-refractivity contribution in [2.75, 3.05) is 27.3 Å². The third kappa shape index (κ3) is 3.23. The van der Waals surface area contributed by atoms with Crippen molar-refractivity contribution in [2.24, 2.45) is 0 Å². The summed E-state index contributed by atoms with van der Waals surface area (Å²) in [4.78, 5) is 11.9. The Labute approximate surface area is 109 Å². The highest BCUT2D eigenvalue weighted by Crippen LogP contribution is 2.28. The second kappa shape index (κ2) is 6.75. The molecule has 1 rings (SSSR count). The molecular weight excluding hydrogens is 232 g/mol. The van der Waals surface area contributed by atoms with Crippen LogP contribution in [-0.4, -0.2) is 49.5 Å². The third-order valence-corrected chi connectivity index (χ3v) is 3.01. The molecule has 0 aromatic rings. The molecule has 0 aliphatic carbocycles. The summed E-state index contributed by atoms with van der Waals surface area (Å²) in [5.74, 6) is -0.211. The number of esters is 1. The molecule has 0 fully saturated rings. The Morgan fingerprint density at radius 3 is 2.56 bits per heavy atom. The highest BCUT2D eigenvalue weighted by Gasteiger charge is 2.31. The zero-order valence-electron chi connectivity index (χ0n) is 12.0. The van der Waals surface area contributed by atoms with Crippen LogP contribution < -0.4 is 0 Å². The standard InChI is InChI=1S/C13H24N2O3/c1-6-17-12-9-8-11(13(16)18-7-2)10(3)15(12)14(4)5/h12H,6-9H2,1-5H3. The molecule has 0 amide bonds. The van der Waals surface area contributed by atoms with Crippen LogP contribution in [0, 0.1) is 0 Å². The van der Waals surface area contributed by atoms with Gasteiger partial charge in [0.25, 0.3) is 0 Å². The van der Waals surface area contributed by atoms with Gasteiger partial charge in [0.15, 0.2) is 0 Å². The molecule has 0 N–H and O–H groups in total. The Hall–Kier alpha value is -1.07. The van der Waals surface area contributed by atoms with Crippen molar-refractivity contribution in [1.82, 2.24) is 10.0 Å². The van der Waals surface area contributed by atoms with Gasteiger partial charge in [-0.2, -0.15) is 0 Å². The van der Waals surface area contributed by atoms with Gasteiger partial charge in [-0.3, -0.25) is 5.01 Å². The summed E-state index contributed by atoms with van der Waals surface area (Å²) in [6.45, 7) is 6.82. The van der Waals surface area contributed by atoms with E-state index < -0.39 is 0 Å². The van der Waals surface area contributed by atoms with Crippen molar-refractivity contribution in [2.45, 2.75) is 39.8 Å². The Morgan fingerprint density at radius 2 is 2.06 bits per heavy atom. The number of rotatable bonds is 5. The fraction of sp³-hybridized carbons (Fsp3) is 0.769. The van der Waals surface area contributed by atoms with Crippen molar-refractivity contribution in [1.29, 1.82) is 0 Å². The van der Waals surface area contributed by atoms with Crippen molar-refractivity contribution in [3.63, 3.8) is 0 Å². The largest absolute Gasteiger partial charge is 0.463 e. The average Bonchev–Trinajstić information content (AvgIpc) is 2.29. The molecule has 1 unspecified atom stereocenters. The molecule has 1 heterocycles. The molecule has 104 valence electrons. The van der Waals surface area contributed by atoms with Crippen molar-refractivity contribution < 1.29 is 14.3 Å². The SMILES string of the molecule is CCOC(=O)C1=C(C)N(N(C)C)C(OCC)CC1. The van der Waals surface area contributed by atoms with Crippen LogP contribution in [0.25, 0.3) is 0 Å². The number of hydrogen-bond donors (Lipinski definition) is 0. The summed E-state index contributed by atoms with van der Waals surface area (Å²) in [5, 5.41) is 3.97. The Morgan fingerprint density at radius 1 is 1.39 bits per heavy atom. The van der Waals surface area contributed by atoms with Gasteiger partial charge in [0.2, 0.25) is 0 Å². The monoisotopic (exact) mass is 256 g/mol.